The van der Waals surface area contributed by atoms with Gasteiger partial charge in [-0.1, -0.05) is 68.2 Å². The van der Waals surface area contributed by atoms with E-state index in [9.17, 15) is 14.4 Å². The molecule has 0 aromatic heterocycles. The smallest absolute Gasteiger partial charge is 0.306 e. The average Bonchev–Trinajstić information content (AvgIpc) is 3.35. The first-order valence-corrected chi connectivity index (χ1v) is 18.8. The zero-order chi connectivity index (χ0) is 32.3. The largest absolute Gasteiger partial charge is 0.462 e. The Morgan fingerprint density at radius 1 is 0.750 bits per heavy atom. The molecule has 0 aromatic carbocycles. The van der Waals surface area contributed by atoms with E-state index in [4.69, 9.17) is 4.74 Å². The normalized spacial score (nSPS) is 44.2. The summed E-state index contributed by atoms with van der Waals surface area (Å²) in [5.41, 5.74) is 0.489. The van der Waals surface area contributed by atoms with Crippen LogP contribution in [0.2, 0.25) is 0 Å². The van der Waals surface area contributed by atoms with Gasteiger partial charge in [-0.05, 0) is 129 Å². The highest BCUT2D eigenvalue weighted by atomic mass is 16.5. The fourth-order valence-electron chi connectivity index (χ4n) is 13.3. The molecule has 4 nitrogen and oxygen atoms in total. The number of ketones is 2. The van der Waals surface area contributed by atoms with Gasteiger partial charge < -0.3 is 9.53 Å². The Balaban J connectivity index is 1.42. The van der Waals surface area contributed by atoms with Crippen LogP contribution in [-0.4, -0.2) is 23.6 Å². The summed E-state index contributed by atoms with van der Waals surface area (Å²) in [5, 5.41) is 0. The van der Waals surface area contributed by atoms with E-state index in [1.54, 1.807) is 6.92 Å². The maximum atomic E-state index is 14.1. The van der Waals surface area contributed by atoms with Gasteiger partial charge in [-0.3, -0.25) is 9.59 Å². The third-order valence-corrected chi connectivity index (χ3v) is 15.8. The van der Waals surface area contributed by atoms with Gasteiger partial charge in [-0.2, -0.15) is 0 Å². The van der Waals surface area contributed by atoms with Crippen LogP contribution in [0.25, 0.3) is 0 Å². The van der Waals surface area contributed by atoms with E-state index in [2.05, 4.69) is 55.4 Å². The molecule has 5 fully saturated rings. The van der Waals surface area contributed by atoms with Crippen molar-refractivity contribution >= 4 is 17.5 Å². The SMILES string of the molecule is CCCCCC(=O)O[C@@H]1CC[C@@]2(C)C(CC[C@]3(C)C2CCC2C4C(C(C)C)CC[C@]4(C(=O)CCC(C)=O)CC[C@]23C)C1(C)C. The van der Waals surface area contributed by atoms with E-state index < -0.39 is 0 Å². The summed E-state index contributed by atoms with van der Waals surface area (Å²) in [7, 11) is 0. The van der Waals surface area contributed by atoms with Crippen molar-refractivity contribution in [1.29, 1.82) is 0 Å². The molecule has 0 amide bonds. The van der Waals surface area contributed by atoms with Crippen molar-refractivity contribution in [3.8, 4) is 0 Å². The molecule has 10 atom stereocenters. The lowest BCUT2D eigenvalue weighted by molar-refractivity contribution is -0.250. The van der Waals surface area contributed by atoms with Gasteiger partial charge in [-0.25, -0.2) is 0 Å². The summed E-state index contributed by atoms with van der Waals surface area (Å²) in [4.78, 5) is 38.9. The van der Waals surface area contributed by atoms with E-state index in [1.165, 1.54) is 32.1 Å². The van der Waals surface area contributed by atoms with Crippen molar-refractivity contribution in [1.82, 2.24) is 0 Å². The van der Waals surface area contributed by atoms with Crippen LogP contribution in [0.5, 0.6) is 0 Å². The molecule has 0 aromatic rings. The van der Waals surface area contributed by atoms with Gasteiger partial charge in [0, 0.05) is 30.1 Å². The van der Waals surface area contributed by atoms with E-state index in [0.29, 0.717) is 60.6 Å². The number of carbonyl (C=O) groups excluding carboxylic acids is 3. The van der Waals surface area contributed by atoms with Gasteiger partial charge in [0.2, 0.25) is 0 Å². The highest BCUT2D eigenvalue weighted by molar-refractivity contribution is 5.89. The Morgan fingerprint density at radius 2 is 1.48 bits per heavy atom. The van der Waals surface area contributed by atoms with Gasteiger partial charge in [0.1, 0.15) is 17.7 Å². The Bertz CT molecular complexity index is 1110. The fraction of sp³-hybridized carbons (Fsp3) is 0.925. The van der Waals surface area contributed by atoms with Crippen LogP contribution < -0.4 is 0 Å². The molecule has 5 aliphatic carbocycles. The number of fused-ring (bicyclic) bond motifs is 7. The lowest BCUT2D eigenvalue weighted by Gasteiger charge is -2.73. The van der Waals surface area contributed by atoms with Crippen molar-refractivity contribution < 1.29 is 19.1 Å². The van der Waals surface area contributed by atoms with E-state index in [1.807, 2.05) is 0 Å². The summed E-state index contributed by atoms with van der Waals surface area (Å²) in [6.45, 7) is 21.4. The summed E-state index contributed by atoms with van der Waals surface area (Å²) in [6, 6.07) is 0. The highest BCUT2D eigenvalue weighted by Crippen LogP contribution is 2.77. The third-order valence-electron chi connectivity index (χ3n) is 15.8. The molecule has 5 saturated carbocycles. The molecule has 5 rings (SSSR count). The maximum Gasteiger partial charge on any atom is 0.306 e. The number of Topliss-reactive ketones (excluding diaryl/α,β-unsaturated/α-hetero) is 2. The van der Waals surface area contributed by atoms with E-state index in [-0.39, 0.29) is 44.9 Å². The number of ether oxygens (including phenoxy) is 1. The number of rotatable bonds is 10. The molecule has 44 heavy (non-hydrogen) atoms. The molecular weight excluding hydrogens is 544 g/mol. The summed E-state index contributed by atoms with van der Waals surface area (Å²) in [6.07, 6.45) is 16.1. The molecule has 0 N–H and O–H groups in total. The Hall–Kier alpha value is -1.19. The first-order chi connectivity index (χ1) is 20.6. The second-order valence-corrected chi connectivity index (χ2v) is 18.2. The Labute approximate surface area is 270 Å². The molecule has 5 unspecified atom stereocenters. The number of hydrogen-bond donors (Lipinski definition) is 0. The summed E-state index contributed by atoms with van der Waals surface area (Å²) in [5.74, 6) is 4.02. The predicted molar refractivity (Wildman–Crippen MR) is 178 cm³/mol. The third kappa shape index (κ3) is 5.17. The Morgan fingerprint density at radius 3 is 2.14 bits per heavy atom. The van der Waals surface area contributed by atoms with Crippen LogP contribution in [0.1, 0.15) is 165 Å². The molecule has 250 valence electrons. The molecule has 0 heterocycles. The number of unbranched alkanes of at least 4 members (excludes halogenated alkanes) is 2. The first-order valence-electron chi connectivity index (χ1n) is 18.8. The van der Waals surface area contributed by atoms with Gasteiger partial charge >= 0.3 is 5.97 Å². The summed E-state index contributed by atoms with van der Waals surface area (Å²) >= 11 is 0. The molecule has 5 aliphatic rings. The zero-order valence-corrected chi connectivity index (χ0v) is 30.0. The van der Waals surface area contributed by atoms with Crippen molar-refractivity contribution in [2.75, 3.05) is 0 Å². The van der Waals surface area contributed by atoms with Gasteiger partial charge in [0.05, 0.1) is 0 Å². The van der Waals surface area contributed by atoms with Crippen LogP contribution in [0.3, 0.4) is 0 Å². The van der Waals surface area contributed by atoms with Gasteiger partial charge in [0.25, 0.3) is 0 Å². The topological polar surface area (TPSA) is 60.4 Å². The first kappa shape index (κ1) is 34.2. The minimum Gasteiger partial charge on any atom is -0.462 e. The molecule has 0 spiro atoms. The second kappa shape index (κ2) is 12.1. The van der Waals surface area contributed by atoms with Crippen LogP contribution in [0.15, 0.2) is 0 Å². The minimum atomic E-state index is -0.208. The maximum absolute atomic E-state index is 14.1. The van der Waals surface area contributed by atoms with E-state index in [0.717, 1.165) is 51.4 Å². The number of esters is 1. The average molecular weight is 611 g/mol. The van der Waals surface area contributed by atoms with Crippen molar-refractivity contribution in [3.63, 3.8) is 0 Å². The lowest BCUT2D eigenvalue weighted by atomic mass is 9.32. The van der Waals surface area contributed by atoms with Gasteiger partial charge in [-0.15, -0.1) is 0 Å². The van der Waals surface area contributed by atoms with Crippen LogP contribution >= 0.6 is 0 Å². The van der Waals surface area contributed by atoms with Crippen LogP contribution in [0.4, 0.5) is 0 Å². The van der Waals surface area contributed by atoms with Crippen LogP contribution in [-0.2, 0) is 19.1 Å². The number of hydrogen-bond acceptors (Lipinski definition) is 4. The molecular formula is C40H66O4. The van der Waals surface area contributed by atoms with E-state index >= 15 is 0 Å². The van der Waals surface area contributed by atoms with Crippen molar-refractivity contribution in [2.24, 2.45) is 62.6 Å². The van der Waals surface area contributed by atoms with Crippen molar-refractivity contribution in [2.45, 2.75) is 171 Å². The highest BCUT2D eigenvalue weighted by Gasteiger charge is 2.71. The monoisotopic (exact) mass is 610 g/mol. The molecule has 0 saturated heterocycles. The molecule has 0 aliphatic heterocycles. The molecule has 4 heteroatoms. The quantitative estimate of drug-likeness (QED) is 0.182. The standard InChI is InChI=1S/C40H66O4/c1-10-11-12-13-34(43)44-33-20-21-37(7)30(36(33,5)6)19-22-39(9)31(37)16-15-29-35-28(26(2)3)18-23-40(35,25-24-38(29,39)8)32(42)17-14-27(4)41/h26,28-31,33,35H,10-25H2,1-9H3/t28?,29?,30?,31?,33-,35?,37+,38-,39-,40-/m1/s1. The fourth-order valence-corrected chi connectivity index (χ4v) is 13.3. The Kier molecular flexibility index (Phi) is 9.40. The van der Waals surface area contributed by atoms with Crippen molar-refractivity contribution in [3.05, 3.63) is 0 Å². The lowest BCUT2D eigenvalue weighted by Crippen LogP contribution is -2.67. The number of carbonyl (C=O) groups is 3. The van der Waals surface area contributed by atoms with Gasteiger partial charge in [0.15, 0.2) is 0 Å². The minimum absolute atomic E-state index is 0.00797. The predicted octanol–water partition coefficient (Wildman–Crippen LogP) is 10.2. The molecule has 0 bridgehead atoms. The zero-order valence-electron chi connectivity index (χ0n) is 30.0. The van der Waals surface area contributed by atoms with Crippen LogP contribution in [0, 0.1) is 62.6 Å². The molecule has 0 radical (unpaired) electrons. The second-order valence-electron chi connectivity index (χ2n) is 18.2. The summed E-state index contributed by atoms with van der Waals surface area (Å²) < 4.78 is 6.27.